The van der Waals surface area contributed by atoms with Crippen molar-refractivity contribution < 1.29 is 19.5 Å². The molecule has 0 bridgehead atoms. The van der Waals surface area contributed by atoms with Crippen LogP contribution >= 0.6 is 0 Å². The maximum atomic E-state index is 11.9. The number of ketones is 1. The number of carbonyl (C=O) groups is 3. The number of allylic oxidation sites excluding steroid dienone is 1. The molecule has 4 N–H and O–H groups in total. The van der Waals surface area contributed by atoms with Crippen LogP contribution in [0, 0.1) is 0 Å². The Morgan fingerprint density at radius 3 is 2.45 bits per heavy atom. The zero-order chi connectivity index (χ0) is 16.2. The van der Waals surface area contributed by atoms with Crippen molar-refractivity contribution in [2.24, 2.45) is 5.73 Å². The first-order valence-electron chi connectivity index (χ1n) is 6.70. The summed E-state index contributed by atoms with van der Waals surface area (Å²) in [5, 5.41) is 11.5. The molecule has 6 heteroatoms. The van der Waals surface area contributed by atoms with Crippen molar-refractivity contribution >= 4 is 17.7 Å². The van der Waals surface area contributed by atoms with Gasteiger partial charge in [0.1, 0.15) is 5.54 Å². The monoisotopic (exact) mass is 300 g/mol. The minimum Gasteiger partial charge on any atom is -0.480 e. The Morgan fingerprint density at radius 2 is 1.91 bits per heavy atom. The Kier molecular flexibility index (Phi) is 4.53. The van der Waals surface area contributed by atoms with Gasteiger partial charge in [-0.3, -0.25) is 9.59 Å². The van der Waals surface area contributed by atoms with Gasteiger partial charge in [0.2, 0.25) is 5.91 Å². The van der Waals surface area contributed by atoms with Crippen molar-refractivity contribution in [1.82, 2.24) is 5.32 Å². The maximum absolute atomic E-state index is 11.9. The van der Waals surface area contributed by atoms with Gasteiger partial charge in [0.15, 0.2) is 5.78 Å². The Balaban J connectivity index is 1.92. The summed E-state index contributed by atoms with van der Waals surface area (Å²) >= 11 is 0. The van der Waals surface area contributed by atoms with E-state index in [4.69, 9.17) is 10.8 Å². The fourth-order valence-electron chi connectivity index (χ4n) is 1.98. The standard InChI is InChI=1S/C16H16N2O4/c17-16(15(21)22)8-6-12(7-9-16)18-14(20)10-13(19)11-4-2-1-3-5-11/h1-8H,9-10,17H2,(H,18,20)(H,21,22). The van der Waals surface area contributed by atoms with Gasteiger partial charge in [0.25, 0.3) is 0 Å². The highest BCUT2D eigenvalue weighted by atomic mass is 16.4. The summed E-state index contributed by atoms with van der Waals surface area (Å²) in [4.78, 5) is 34.7. The van der Waals surface area contributed by atoms with Crippen LogP contribution in [0.2, 0.25) is 0 Å². The van der Waals surface area contributed by atoms with E-state index in [9.17, 15) is 14.4 Å². The molecule has 1 aromatic rings. The van der Waals surface area contributed by atoms with E-state index in [2.05, 4.69) is 5.32 Å². The van der Waals surface area contributed by atoms with E-state index in [1.807, 2.05) is 0 Å². The number of hydrogen-bond donors (Lipinski definition) is 3. The molecule has 1 aromatic carbocycles. The Hall–Kier alpha value is -2.73. The van der Waals surface area contributed by atoms with Gasteiger partial charge in [-0.15, -0.1) is 0 Å². The van der Waals surface area contributed by atoms with Crippen LogP contribution in [0.3, 0.4) is 0 Å². The minimum atomic E-state index is -1.45. The molecule has 0 saturated carbocycles. The molecule has 22 heavy (non-hydrogen) atoms. The molecular weight excluding hydrogens is 284 g/mol. The second-order valence-electron chi connectivity index (χ2n) is 5.06. The molecule has 0 spiro atoms. The van der Waals surface area contributed by atoms with Crippen LogP contribution in [0.4, 0.5) is 0 Å². The summed E-state index contributed by atoms with van der Waals surface area (Å²) in [6, 6.07) is 8.53. The van der Waals surface area contributed by atoms with Crippen LogP contribution in [0.25, 0.3) is 0 Å². The van der Waals surface area contributed by atoms with E-state index < -0.39 is 17.4 Å². The number of aliphatic carboxylic acids is 1. The predicted octanol–water partition coefficient (Wildman–Crippen LogP) is 1.00. The molecule has 0 saturated heterocycles. The fraction of sp³-hybridized carbons (Fsp3) is 0.188. The highest BCUT2D eigenvalue weighted by Crippen LogP contribution is 2.17. The SMILES string of the molecule is NC1(C(=O)O)C=CC(NC(=O)CC(=O)c2ccccc2)=CC1. The Morgan fingerprint density at radius 1 is 1.23 bits per heavy atom. The third kappa shape index (κ3) is 3.67. The molecule has 0 aromatic heterocycles. The molecule has 0 fully saturated rings. The molecule has 1 aliphatic carbocycles. The lowest BCUT2D eigenvalue weighted by Gasteiger charge is -2.23. The maximum Gasteiger partial charge on any atom is 0.328 e. The summed E-state index contributed by atoms with van der Waals surface area (Å²) in [7, 11) is 0. The van der Waals surface area contributed by atoms with Crippen molar-refractivity contribution in [1.29, 1.82) is 0 Å². The van der Waals surface area contributed by atoms with Gasteiger partial charge < -0.3 is 16.2 Å². The molecular formula is C16H16N2O4. The van der Waals surface area contributed by atoms with E-state index in [1.54, 1.807) is 30.3 Å². The fourth-order valence-corrected chi connectivity index (χ4v) is 1.98. The van der Waals surface area contributed by atoms with Gasteiger partial charge in [0, 0.05) is 17.7 Å². The highest BCUT2D eigenvalue weighted by molar-refractivity contribution is 6.07. The molecule has 0 aliphatic heterocycles. The van der Waals surface area contributed by atoms with Crippen LogP contribution in [-0.4, -0.2) is 28.3 Å². The third-order valence-electron chi connectivity index (χ3n) is 3.32. The molecule has 1 atom stereocenters. The molecule has 114 valence electrons. The lowest BCUT2D eigenvalue weighted by Crippen LogP contribution is -2.47. The van der Waals surface area contributed by atoms with Crippen LogP contribution in [0.1, 0.15) is 23.2 Å². The van der Waals surface area contributed by atoms with Crippen LogP contribution in [0.15, 0.2) is 54.3 Å². The van der Waals surface area contributed by atoms with Crippen LogP contribution < -0.4 is 11.1 Å². The van der Waals surface area contributed by atoms with Gasteiger partial charge in [-0.05, 0) is 6.08 Å². The number of carboxylic acids is 1. The Bertz CT molecular complexity index is 664. The number of carboxylic acid groups (broad SMARTS) is 1. The summed E-state index contributed by atoms with van der Waals surface area (Å²) in [5.74, 6) is -1.87. The van der Waals surface area contributed by atoms with Gasteiger partial charge in [-0.1, -0.05) is 42.5 Å². The van der Waals surface area contributed by atoms with Gasteiger partial charge in [0.05, 0.1) is 6.42 Å². The number of nitrogens with one attached hydrogen (secondary N) is 1. The molecule has 1 amide bonds. The van der Waals surface area contributed by atoms with Crippen molar-refractivity contribution in [3.63, 3.8) is 0 Å². The van der Waals surface area contributed by atoms with Gasteiger partial charge in [-0.25, -0.2) is 4.79 Å². The van der Waals surface area contributed by atoms with E-state index in [0.29, 0.717) is 11.3 Å². The van der Waals surface area contributed by atoms with Crippen molar-refractivity contribution in [3.05, 3.63) is 59.8 Å². The highest BCUT2D eigenvalue weighted by Gasteiger charge is 2.31. The molecule has 0 radical (unpaired) electrons. The number of hydrogen-bond acceptors (Lipinski definition) is 4. The zero-order valence-electron chi connectivity index (χ0n) is 11.8. The summed E-state index contributed by atoms with van der Waals surface area (Å²) in [5.41, 5.74) is 5.11. The quantitative estimate of drug-likeness (QED) is 0.555. The molecule has 0 heterocycles. The number of Topliss-reactive ketones (excluding diaryl/α,β-unsaturated/α-hetero) is 1. The number of amides is 1. The van der Waals surface area contributed by atoms with Crippen molar-refractivity contribution in [2.45, 2.75) is 18.4 Å². The first-order chi connectivity index (χ1) is 10.4. The van der Waals surface area contributed by atoms with E-state index in [0.717, 1.165) is 0 Å². The summed E-state index contributed by atoms with van der Waals surface area (Å²) < 4.78 is 0. The summed E-state index contributed by atoms with van der Waals surface area (Å²) in [6.45, 7) is 0. The van der Waals surface area contributed by atoms with E-state index >= 15 is 0 Å². The molecule has 2 rings (SSSR count). The van der Waals surface area contributed by atoms with Crippen LogP contribution in [0.5, 0.6) is 0 Å². The molecule has 6 nitrogen and oxygen atoms in total. The van der Waals surface area contributed by atoms with Gasteiger partial charge >= 0.3 is 5.97 Å². The van der Waals surface area contributed by atoms with E-state index in [-0.39, 0.29) is 18.6 Å². The Labute approximate surface area is 127 Å². The third-order valence-corrected chi connectivity index (χ3v) is 3.32. The lowest BCUT2D eigenvalue weighted by molar-refractivity contribution is -0.141. The van der Waals surface area contributed by atoms with Crippen LogP contribution in [-0.2, 0) is 9.59 Å². The lowest BCUT2D eigenvalue weighted by atomic mass is 9.91. The van der Waals surface area contributed by atoms with Crippen molar-refractivity contribution in [2.75, 3.05) is 0 Å². The first kappa shape index (κ1) is 15.7. The molecule has 1 unspecified atom stereocenters. The van der Waals surface area contributed by atoms with E-state index in [1.165, 1.54) is 18.2 Å². The normalized spacial score (nSPS) is 20.1. The minimum absolute atomic E-state index is 0.0705. The second kappa shape index (κ2) is 6.36. The predicted molar refractivity (Wildman–Crippen MR) is 79.9 cm³/mol. The number of benzene rings is 1. The van der Waals surface area contributed by atoms with Crippen molar-refractivity contribution in [3.8, 4) is 0 Å². The van der Waals surface area contributed by atoms with Gasteiger partial charge in [-0.2, -0.15) is 0 Å². The average molecular weight is 300 g/mol. The average Bonchev–Trinajstić information content (AvgIpc) is 2.50. The topological polar surface area (TPSA) is 109 Å². The first-order valence-corrected chi connectivity index (χ1v) is 6.70. The zero-order valence-corrected chi connectivity index (χ0v) is 11.8. The summed E-state index contributed by atoms with van der Waals surface area (Å²) in [6.07, 6.45) is 4.08. The molecule has 1 aliphatic rings. The number of rotatable bonds is 5. The largest absolute Gasteiger partial charge is 0.480 e. The number of nitrogens with two attached hydrogens (primary N) is 1. The smallest absolute Gasteiger partial charge is 0.328 e. The second-order valence-corrected chi connectivity index (χ2v) is 5.06. The number of carbonyl (C=O) groups excluding carboxylic acids is 2.